The molecule has 1 aromatic carbocycles. The number of rotatable bonds is 5. The van der Waals surface area contributed by atoms with E-state index in [1.54, 1.807) is 6.20 Å². The lowest BCUT2D eigenvalue weighted by Crippen LogP contribution is -2.24. The summed E-state index contributed by atoms with van der Waals surface area (Å²) in [5.74, 6) is 0.740. The first-order valence-electron chi connectivity index (χ1n) is 9.09. The topological polar surface area (TPSA) is 64.4 Å². The molecule has 3 aromatic rings. The van der Waals surface area contributed by atoms with Gasteiger partial charge in [0.05, 0.1) is 0 Å². The highest BCUT2D eigenvalue weighted by molar-refractivity contribution is 5.98. The summed E-state index contributed by atoms with van der Waals surface area (Å²) in [4.78, 5) is 16.9. The molecule has 1 aliphatic carbocycles. The Morgan fingerprint density at radius 3 is 2.85 bits per heavy atom. The SMILES string of the molecule is Cc1c(C(=O)NCc2cccnc2OC2CCCC2)oc2ccccc12. The molecule has 1 saturated carbocycles. The van der Waals surface area contributed by atoms with Gasteiger partial charge in [-0.05, 0) is 44.7 Å². The molecular weight excluding hydrogens is 328 g/mol. The highest BCUT2D eigenvalue weighted by atomic mass is 16.5. The van der Waals surface area contributed by atoms with Crippen LogP contribution < -0.4 is 10.1 Å². The zero-order valence-corrected chi connectivity index (χ0v) is 14.8. The number of para-hydroxylation sites is 1. The summed E-state index contributed by atoms with van der Waals surface area (Å²) in [5, 5.41) is 3.89. The number of carbonyl (C=O) groups is 1. The van der Waals surface area contributed by atoms with Crippen LogP contribution in [0.5, 0.6) is 5.88 Å². The van der Waals surface area contributed by atoms with Crippen LogP contribution in [0.4, 0.5) is 0 Å². The molecule has 1 aliphatic rings. The Balaban J connectivity index is 1.48. The van der Waals surface area contributed by atoms with Crippen molar-refractivity contribution in [3.63, 3.8) is 0 Å². The number of hydrogen-bond acceptors (Lipinski definition) is 4. The zero-order valence-electron chi connectivity index (χ0n) is 14.8. The standard InChI is InChI=1S/C21H22N2O3/c1-14-17-10-4-5-11-18(17)26-19(14)20(24)23-13-15-7-6-12-22-21(15)25-16-8-2-3-9-16/h4-7,10-12,16H,2-3,8-9,13H2,1H3,(H,23,24). The van der Waals surface area contributed by atoms with Crippen LogP contribution in [-0.2, 0) is 6.54 Å². The molecule has 26 heavy (non-hydrogen) atoms. The first kappa shape index (κ1) is 16.6. The van der Waals surface area contributed by atoms with Gasteiger partial charge in [-0.1, -0.05) is 24.3 Å². The van der Waals surface area contributed by atoms with E-state index >= 15 is 0 Å². The van der Waals surface area contributed by atoms with Gasteiger partial charge in [-0.15, -0.1) is 0 Å². The number of nitrogens with one attached hydrogen (secondary N) is 1. The van der Waals surface area contributed by atoms with Gasteiger partial charge in [0.15, 0.2) is 5.76 Å². The van der Waals surface area contributed by atoms with Crippen LogP contribution in [0, 0.1) is 6.92 Å². The molecule has 0 radical (unpaired) electrons. The van der Waals surface area contributed by atoms with Gasteiger partial charge >= 0.3 is 0 Å². The first-order valence-corrected chi connectivity index (χ1v) is 9.09. The first-order chi connectivity index (χ1) is 12.7. The number of fused-ring (bicyclic) bond motifs is 1. The van der Waals surface area contributed by atoms with Gasteiger partial charge in [0.2, 0.25) is 5.88 Å². The smallest absolute Gasteiger partial charge is 0.287 e. The predicted octanol–water partition coefficient (Wildman–Crippen LogP) is 4.39. The fourth-order valence-corrected chi connectivity index (χ4v) is 3.48. The van der Waals surface area contributed by atoms with Crippen molar-refractivity contribution < 1.29 is 13.9 Å². The average molecular weight is 350 g/mol. The van der Waals surface area contributed by atoms with Crippen molar-refractivity contribution in [2.24, 2.45) is 0 Å². The van der Waals surface area contributed by atoms with Crippen molar-refractivity contribution in [2.45, 2.75) is 45.3 Å². The number of carbonyl (C=O) groups excluding carboxylic acids is 1. The van der Waals surface area contributed by atoms with E-state index in [1.165, 1.54) is 12.8 Å². The fraction of sp³-hybridized carbons (Fsp3) is 0.333. The molecule has 1 N–H and O–H groups in total. The fourth-order valence-electron chi connectivity index (χ4n) is 3.48. The van der Waals surface area contributed by atoms with Gasteiger partial charge < -0.3 is 14.5 Å². The Morgan fingerprint density at radius 2 is 2.04 bits per heavy atom. The molecule has 5 heteroatoms. The van der Waals surface area contributed by atoms with Crippen molar-refractivity contribution in [3.05, 3.63) is 59.5 Å². The molecule has 0 saturated heterocycles. The van der Waals surface area contributed by atoms with Gasteiger partial charge in [0.1, 0.15) is 11.7 Å². The van der Waals surface area contributed by atoms with Crippen molar-refractivity contribution in [3.8, 4) is 5.88 Å². The third-order valence-electron chi connectivity index (χ3n) is 4.92. The second kappa shape index (κ2) is 7.20. The molecule has 2 aromatic heterocycles. The summed E-state index contributed by atoms with van der Waals surface area (Å²) in [6.07, 6.45) is 6.50. The summed E-state index contributed by atoms with van der Waals surface area (Å²) in [5.41, 5.74) is 2.45. The highest BCUT2D eigenvalue weighted by Gasteiger charge is 2.20. The summed E-state index contributed by atoms with van der Waals surface area (Å²) < 4.78 is 11.8. The van der Waals surface area contributed by atoms with E-state index in [4.69, 9.17) is 9.15 Å². The minimum absolute atomic E-state index is 0.227. The lowest BCUT2D eigenvalue weighted by molar-refractivity contribution is 0.0924. The predicted molar refractivity (Wildman–Crippen MR) is 99.2 cm³/mol. The molecule has 0 unspecified atom stereocenters. The Labute approximate surface area is 152 Å². The largest absolute Gasteiger partial charge is 0.474 e. The lowest BCUT2D eigenvalue weighted by atomic mass is 10.1. The monoisotopic (exact) mass is 350 g/mol. The maximum absolute atomic E-state index is 12.6. The number of nitrogens with zero attached hydrogens (tertiary/aromatic N) is 1. The average Bonchev–Trinajstić information content (AvgIpc) is 3.29. The number of aryl methyl sites for hydroxylation is 1. The van der Waals surface area contributed by atoms with Crippen LogP contribution in [-0.4, -0.2) is 17.0 Å². The van der Waals surface area contributed by atoms with Crippen molar-refractivity contribution in [1.82, 2.24) is 10.3 Å². The van der Waals surface area contributed by atoms with Crippen LogP contribution in [0.3, 0.4) is 0 Å². The Hall–Kier alpha value is -2.82. The highest BCUT2D eigenvalue weighted by Crippen LogP contribution is 2.26. The number of hydrogen-bond donors (Lipinski definition) is 1. The van der Waals surface area contributed by atoms with Gasteiger partial charge in [0.25, 0.3) is 5.91 Å². The summed E-state index contributed by atoms with van der Waals surface area (Å²) >= 11 is 0. The van der Waals surface area contributed by atoms with Gasteiger partial charge in [0, 0.05) is 29.3 Å². The molecule has 0 aliphatic heterocycles. The minimum Gasteiger partial charge on any atom is -0.474 e. The molecule has 2 heterocycles. The van der Waals surface area contributed by atoms with Crippen LogP contribution in [0.2, 0.25) is 0 Å². The number of amides is 1. The number of furan rings is 1. The second-order valence-electron chi connectivity index (χ2n) is 6.73. The van der Waals surface area contributed by atoms with Crippen LogP contribution >= 0.6 is 0 Å². The zero-order chi connectivity index (χ0) is 17.9. The Kier molecular flexibility index (Phi) is 4.61. The van der Waals surface area contributed by atoms with Crippen LogP contribution in [0.25, 0.3) is 11.0 Å². The summed E-state index contributed by atoms with van der Waals surface area (Å²) in [6.45, 7) is 2.25. The second-order valence-corrected chi connectivity index (χ2v) is 6.73. The van der Waals surface area contributed by atoms with E-state index in [2.05, 4.69) is 10.3 Å². The number of benzene rings is 1. The molecule has 0 bridgehead atoms. The van der Waals surface area contributed by atoms with E-state index in [0.717, 1.165) is 34.9 Å². The maximum Gasteiger partial charge on any atom is 0.287 e. The quantitative estimate of drug-likeness (QED) is 0.741. The molecular formula is C21H22N2O3. The summed E-state index contributed by atoms with van der Waals surface area (Å²) in [7, 11) is 0. The molecule has 5 nitrogen and oxygen atoms in total. The summed E-state index contributed by atoms with van der Waals surface area (Å²) in [6, 6.07) is 11.5. The molecule has 1 fully saturated rings. The Bertz CT molecular complexity index is 926. The molecule has 134 valence electrons. The normalized spacial score (nSPS) is 14.7. The van der Waals surface area contributed by atoms with Crippen molar-refractivity contribution in [2.75, 3.05) is 0 Å². The van der Waals surface area contributed by atoms with Gasteiger partial charge in [-0.2, -0.15) is 0 Å². The molecule has 4 rings (SSSR count). The van der Waals surface area contributed by atoms with Crippen molar-refractivity contribution in [1.29, 1.82) is 0 Å². The van der Waals surface area contributed by atoms with E-state index in [1.807, 2.05) is 43.3 Å². The van der Waals surface area contributed by atoms with E-state index in [9.17, 15) is 4.79 Å². The van der Waals surface area contributed by atoms with Crippen LogP contribution in [0.1, 0.15) is 47.4 Å². The van der Waals surface area contributed by atoms with Crippen molar-refractivity contribution >= 4 is 16.9 Å². The molecule has 0 atom stereocenters. The number of aromatic nitrogens is 1. The van der Waals surface area contributed by atoms with Gasteiger partial charge in [-0.3, -0.25) is 4.79 Å². The molecule has 1 amide bonds. The van der Waals surface area contributed by atoms with Crippen LogP contribution in [0.15, 0.2) is 47.0 Å². The third kappa shape index (κ3) is 3.29. The third-order valence-corrected chi connectivity index (χ3v) is 4.92. The number of ether oxygens (including phenoxy) is 1. The Morgan fingerprint density at radius 1 is 1.23 bits per heavy atom. The van der Waals surface area contributed by atoms with E-state index in [0.29, 0.717) is 18.2 Å². The minimum atomic E-state index is -0.227. The molecule has 0 spiro atoms. The van der Waals surface area contributed by atoms with Gasteiger partial charge in [-0.25, -0.2) is 4.98 Å². The maximum atomic E-state index is 12.6. The lowest BCUT2D eigenvalue weighted by Gasteiger charge is -2.15. The number of pyridine rings is 1. The van der Waals surface area contributed by atoms with E-state index in [-0.39, 0.29) is 12.0 Å². The van der Waals surface area contributed by atoms with E-state index < -0.39 is 0 Å².